The van der Waals surface area contributed by atoms with Crippen LogP contribution in [0.4, 0.5) is 0 Å². The summed E-state index contributed by atoms with van der Waals surface area (Å²) in [5.74, 6) is 0. The molecule has 0 bridgehead atoms. The Bertz CT molecular complexity index is 109. The van der Waals surface area contributed by atoms with E-state index in [1.54, 1.807) is 0 Å². The zero-order valence-corrected chi connectivity index (χ0v) is 9.84. The fourth-order valence-corrected chi connectivity index (χ4v) is 1.15. The molecule has 86 valence electrons. The Morgan fingerprint density at radius 2 is 1.86 bits per heavy atom. The van der Waals surface area contributed by atoms with Gasteiger partial charge >= 0.3 is 0 Å². The second-order valence-corrected chi connectivity index (χ2v) is 3.32. The Labute approximate surface area is 88.2 Å². The van der Waals surface area contributed by atoms with Crippen LogP contribution in [0, 0.1) is 0 Å². The highest BCUT2D eigenvalue weighted by atomic mass is 16.5. The number of hydrogen-bond acceptors (Lipinski definition) is 3. The van der Waals surface area contributed by atoms with Crippen molar-refractivity contribution < 1.29 is 9.47 Å². The van der Waals surface area contributed by atoms with Crippen molar-refractivity contribution in [2.24, 2.45) is 0 Å². The molecule has 14 heavy (non-hydrogen) atoms. The lowest BCUT2D eigenvalue weighted by Gasteiger charge is -2.16. The highest BCUT2D eigenvalue weighted by Crippen LogP contribution is 1.96. The van der Waals surface area contributed by atoms with E-state index in [2.05, 4.69) is 26.1 Å². The van der Waals surface area contributed by atoms with Gasteiger partial charge in [-0.05, 0) is 19.4 Å². The molecule has 0 radical (unpaired) electrons. The molecule has 0 aromatic heterocycles. The second kappa shape index (κ2) is 11.0. The number of hydrogen-bond donors (Lipinski definition) is 1. The molecule has 0 heterocycles. The van der Waals surface area contributed by atoms with Gasteiger partial charge in [0.05, 0.1) is 19.3 Å². The highest BCUT2D eigenvalue weighted by molar-refractivity contribution is 4.58. The first kappa shape index (κ1) is 13.9. The van der Waals surface area contributed by atoms with E-state index in [0.717, 1.165) is 39.1 Å². The van der Waals surface area contributed by atoms with Gasteiger partial charge in [0.2, 0.25) is 0 Å². The summed E-state index contributed by atoms with van der Waals surface area (Å²) in [5.41, 5.74) is 0. The maximum atomic E-state index is 5.65. The lowest BCUT2D eigenvalue weighted by Crippen LogP contribution is -2.29. The first-order valence-corrected chi connectivity index (χ1v) is 5.75. The van der Waals surface area contributed by atoms with Gasteiger partial charge < -0.3 is 14.8 Å². The summed E-state index contributed by atoms with van der Waals surface area (Å²) < 4.78 is 11.0. The molecular weight excluding hydrogens is 178 g/mol. The molecule has 1 atom stereocenters. The fraction of sp³-hybridized carbons (Fsp3) is 1.00. The van der Waals surface area contributed by atoms with Gasteiger partial charge in [-0.3, -0.25) is 0 Å². The smallest absolute Gasteiger partial charge is 0.0704 e. The molecule has 0 aromatic rings. The van der Waals surface area contributed by atoms with Gasteiger partial charge in [-0.1, -0.05) is 20.8 Å². The molecule has 0 spiro atoms. The first-order valence-electron chi connectivity index (χ1n) is 5.75. The quantitative estimate of drug-likeness (QED) is 0.549. The Morgan fingerprint density at radius 1 is 1.07 bits per heavy atom. The van der Waals surface area contributed by atoms with Gasteiger partial charge in [0.25, 0.3) is 0 Å². The van der Waals surface area contributed by atoms with Crippen LogP contribution in [-0.2, 0) is 9.47 Å². The van der Waals surface area contributed by atoms with E-state index in [0.29, 0.717) is 12.7 Å². The molecule has 3 heteroatoms. The molecule has 0 aliphatic carbocycles. The molecule has 0 amide bonds. The Balaban J connectivity index is 3.24. The van der Waals surface area contributed by atoms with Gasteiger partial charge in [0.1, 0.15) is 0 Å². The summed E-state index contributed by atoms with van der Waals surface area (Å²) in [6.45, 7) is 10.6. The molecule has 1 unspecified atom stereocenters. The van der Waals surface area contributed by atoms with Gasteiger partial charge in [-0.2, -0.15) is 0 Å². The van der Waals surface area contributed by atoms with Crippen LogP contribution in [0.5, 0.6) is 0 Å². The van der Waals surface area contributed by atoms with Crippen LogP contribution in [0.1, 0.15) is 33.6 Å². The van der Waals surface area contributed by atoms with Crippen LogP contribution >= 0.6 is 0 Å². The summed E-state index contributed by atoms with van der Waals surface area (Å²) >= 11 is 0. The van der Waals surface area contributed by atoms with E-state index >= 15 is 0 Å². The van der Waals surface area contributed by atoms with Crippen molar-refractivity contribution >= 4 is 0 Å². The molecule has 0 saturated carbocycles. The summed E-state index contributed by atoms with van der Waals surface area (Å²) in [7, 11) is 0. The maximum Gasteiger partial charge on any atom is 0.0704 e. The third-order valence-electron chi connectivity index (χ3n) is 2.01. The maximum absolute atomic E-state index is 5.65. The van der Waals surface area contributed by atoms with Gasteiger partial charge in [0.15, 0.2) is 0 Å². The van der Waals surface area contributed by atoms with E-state index in [-0.39, 0.29) is 0 Å². The number of nitrogens with one attached hydrogen (secondary N) is 1. The second-order valence-electron chi connectivity index (χ2n) is 3.32. The van der Waals surface area contributed by atoms with E-state index in [1.807, 2.05) is 0 Å². The van der Waals surface area contributed by atoms with E-state index < -0.39 is 0 Å². The Morgan fingerprint density at radius 3 is 2.43 bits per heavy atom. The summed E-state index contributed by atoms with van der Waals surface area (Å²) in [4.78, 5) is 0. The van der Waals surface area contributed by atoms with Gasteiger partial charge in [0, 0.05) is 13.2 Å². The predicted octanol–water partition coefficient (Wildman–Crippen LogP) is 1.82. The van der Waals surface area contributed by atoms with E-state index in [4.69, 9.17) is 9.47 Å². The third kappa shape index (κ3) is 8.48. The van der Waals surface area contributed by atoms with Crippen LogP contribution in [0.2, 0.25) is 0 Å². The van der Waals surface area contributed by atoms with Crippen LogP contribution in [-0.4, -0.2) is 39.0 Å². The molecule has 0 aliphatic heterocycles. The number of likely N-dealkylation sites (N-methyl/N-ethyl adjacent to an activating group) is 1. The zero-order chi connectivity index (χ0) is 10.6. The van der Waals surface area contributed by atoms with Gasteiger partial charge in [-0.15, -0.1) is 0 Å². The molecule has 1 N–H and O–H groups in total. The van der Waals surface area contributed by atoms with E-state index in [1.165, 1.54) is 0 Å². The summed E-state index contributed by atoms with van der Waals surface area (Å²) in [5, 5.41) is 3.29. The van der Waals surface area contributed by atoms with Crippen LogP contribution in [0.3, 0.4) is 0 Å². The average Bonchev–Trinajstić information content (AvgIpc) is 2.22. The lowest BCUT2D eigenvalue weighted by atomic mass is 10.3. The standard InChI is InChI=1S/C11H25NO2/c1-4-7-13-8-9-14-11(5-2)10-12-6-3/h11-12H,4-10H2,1-3H3. The number of ether oxygens (including phenoxy) is 2. The van der Waals surface area contributed by atoms with Crippen molar-refractivity contribution in [2.75, 3.05) is 32.9 Å². The average molecular weight is 203 g/mol. The molecule has 0 aromatic carbocycles. The summed E-state index contributed by atoms with van der Waals surface area (Å²) in [6.07, 6.45) is 2.47. The molecule has 0 saturated heterocycles. The minimum absolute atomic E-state index is 0.333. The van der Waals surface area contributed by atoms with Crippen molar-refractivity contribution in [3.8, 4) is 0 Å². The van der Waals surface area contributed by atoms with Crippen LogP contribution < -0.4 is 5.32 Å². The van der Waals surface area contributed by atoms with Crippen molar-refractivity contribution in [3.63, 3.8) is 0 Å². The number of rotatable bonds is 10. The molecule has 0 aliphatic rings. The topological polar surface area (TPSA) is 30.5 Å². The third-order valence-corrected chi connectivity index (χ3v) is 2.01. The Hall–Kier alpha value is -0.120. The van der Waals surface area contributed by atoms with Crippen molar-refractivity contribution in [1.29, 1.82) is 0 Å². The normalized spacial score (nSPS) is 13.1. The first-order chi connectivity index (χ1) is 6.85. The summed E-state index contributed by atoms with van der Waals surface area (Å²) in [6, 6.07) is 0. The molecule has 0 rings (SSSR count). The van der Waals surface area contributed by atoms with Crippen molar-refractivity contribution in [3.05, 3.63) is 0 Å². The monoisotopic (exact) mass is 203 g/mol. The van der Waals surface area contributed by atoms with Gasteiger partial charge in [-0.25, -0.2) is 0 Å². The largest absolute Gasteiger partial charge is 0.379 e. The van der Waals surface area contributed by atoms with E-state index in [9.17, 15) is 0 Å². The highest BCUT2D eigenvalue weighted by Gasteiger charge is 2.04. The SMILES string of the molecule is CCCOCCOC(CC)CNCC. The lowest BCUT2D eigenvalue weighted by molar-refractivity contribution is 0.00417. The van der Waals surface area contributed by atoms with Crippen molar-refractivity contribution in [1.82, 2.24) is 5.32 Å². The zero-order valence-electron chi connectivity index (χ0n) is 9.84. The molecular formula is C11H25NO2. The minimum atomic E-state index is 0.333. The van der Waals surface area contributed by atoms with Crippen LogP contribution in [0.25, 0.3) is 0 Å². The predicted molar refractivity (Wildman–Crippen MR) is 59.7 cm³/mol. The molecule has 3 nitrogen and oxygen atoms in total. The van der Waals surface area contributed by atoms with Crippen molar-refractivity contribution in [2.45, 2.75) is 39.7 Å². The Kier molecular flexibility index (Phi) is 10.9. The molecule has 0 fully saturated rings. The minimum Gasteiger partial charge on any atom is -0.379 e. The van der Waals surface area contributed by atoms with Crippen LogP contribution in [0.15, 0.2) is 0 Å². The fourth-order valence-electron chi connectivity index (χ4n) is 1.15.